The molecule has 27 heavy (non-hydrogen) atoms. The lowest BCUT2D eigenvalue weighted by Gasteiger charge is -2.36. The normalized spacial score (nSPS) is 17.3. The number of imidazole rings is 1. The second-order valence-electron chi connectivity index (χ2n) is 7.40. The first-order valence-electron chi connectivity index (χ1n) is 9.77. The summed E-state index contributed by atoms with van der Waals surface area (Å²) in [6.07, 6.45) is 10.3. The highest BCUT2D eigenvalue weighted by molar-refractivity contribution is 5.96. The number of amides is 1. The molecule has 1 atom stereocenters. The zero-order valence-corrected chi connectivity index (χ0v) is 16.5. The Morgan fingerprint density at radius 2 is 2.04 bits per heavy atom. The van der Waals surface area contributed by atoms with Crippen LogP contribution in [0.1, 0.15) is 60.8 Å². The number of hydrogen-bond acceptors (Lipinski definition) is 4. The molecule has 1 saturated heterocycles. The van der Waals surface area contributed by atoms with E-state index in [1.807, 2.05) is 26.4 Å². The number of likely N-dealkylation sites (tertiary alicyclic amines) is 1. The van der Waals surface area contributed by atoms with Crippen LogP contribution < -0.4 is 0 Å². The van der Waals surface area contributed by atoms with Gasteiger partial charge in [-0.25, -0.2) is 4.98 Å². The quantitative estimate of drug-likeness (QED) is 0.702. The van der Waals surface area contributed by atoms with Crippen molar-refractivity contribution in [1.29, 1.82) is 0 Å². The molecule has 7 nitrogen and oxygen atoms in total. The zero-order valence-electron chi connectivity index (χ0n) is 16.5. The number of hydrogen-bond donors (Lipinski definition) is 0. The fraction of sp³-hybridized carbons (Fsp3) is 0.600. The molecule has 0 aromatic carbocycles. The number of carbonyl (C=O) groups is 2. The summed E-state index contributed by atoms with van der Waals surface area (Å²) in [5.74, 6) is 0.209. The van der Waals surface area contributed by atoms with Crippen molar-refractivity contribution in [2.45, 2.75) is 72.0 Å². The second-order valence-corrected chi connectivity index (χ2v) is 7.40. The van der Waals surface area contributed by atoms with Crippen LogP contribution >= 0.6 is 0 Å². The highest BCUT2D eigenvalue weighted by Gasteiger charge is 2.26. The number of piperidine rings is 1. The van der Waals surface area contributed by atoms with Crippen molar-refractivity contribution in [2.75, 3.05) is 6.54 Å². The predicted octanol–water partition coefficient (Wildman–Crippen LogP) is 2.76. The van der Waals surface area contributed by atoms with Gasteiger partial charge in [0.05, 0.1) is 17.6 Å². The van der Waals surface area contributed by atoms with Crippen molar-refractivity contribution in [1.82, 2.24) is 24.2 Å². The number of aryl methyl sites for hydroxylation is 3. The Morgan fingerprint density at radius 1 is 1.22 bits per heavy atom. The molecule has 1 aliphatic rings. The summed E-state index contributed by atoms with van der Waals surface area (Å²) in [6.45, 7) is 7.54. The van der Waals surface area contributed by atoms with Gasteiger partial charge in [-0.05, 0) is 46.5 Å². The molecule has 1 aliphatic heterocycles. The molecule has 1 fully saturated rings. The molecule has 3 rings (SSSR count). The average Bonchev–Trinajstić information content (AvgIpc) is 3.25. The van der Waals surface area contributed by atoms with E-state index in [1.54, 1.807) is 17.8 Å². The third-order valence-corrected chi connectivity index (χ3v) is 5.50. The van der Waals surface area contributed by atoms with Gasteiger partial charge in [-0.1, -0.05) is 0 Å². The van der Waals surface area contributed by atoms with Gasteiger partial charge in [0.2, 0.25) is 5.91 Å². The van der Waals surface area contributed by atoms with Crippen LogP contribution in [-0.2, 0) is 17.9 Å². The average molecular weight is 371 g/mol. The van der Waals surface area contributed by atoms with Crippen LogP contribution in [0.15, 0.2) is 18.7 Å². The van der Waals surface area contributed by atoms with Crippen molar-refractivity contribution >= 4 is 11.7 Å². The lowest BCUT2D eigenvalue weighted by atomic mass is 9.98. The smallest absolute Gasteiger partial charge is 0.224 e. The molecule has 0 aliphatic carbocycles. The predicted molar refractivity (Wildman–Crippen MR) is 103 cm³/mol. The number of ketones is 1. The molecule has 0 radical (unpaired) electrons. The van der Waals surface area contributed by atoms with Crippen molar-refractivity contribution in [3.05, 3.63) is 35.7 Å². The number of aromatic nitrogens is 4. The van der Waals surface area contributed by atoms with Gasteiger partial charge in [0.15, 0.2) is 5.78 Å². The molecule has 2 aromatic rings. The van der Waals surface area contributed by atoms with E-state index in [0.29, 0.717) is 24.6 Å². The van der Waals surface area contributed by atoms with Crippen LogP contribution in [0.5, 0.6) is 0 Å². The summed E-state index contributed by atoms with van der Waals surface area (Å²) in [6, 6.07) is 0.293. The number of Topliss-reactive ketones (excluding diaryl/α,β-unsaturated/α-hetero) is 1. The molecular weight excluding hydrogens is 342 g/mol. The number of nitrogens with zero attached hydrogens (tertiary/aromatic N) is 5. The third-order valence-electron chi connectivity index (χ3n) is 5.50. The molecule has 0 bridgehead atoms. The van der Waals surface area contributed by atoms with Gasteiger partial charge < -0.3 is 9.47 Å². The standard InChI is InChI=1S/C20H29N5O2/c1-15-20(17(3)26)16(2)25(22-15)12-8-19(27)24-10-5-4-6-18(24)7-11-23-13-9-21-14-23/h9,13-14,18H,4-8,10-12H2,1-3H3/t18-/m0/s1. The minimum absolute atomic E-state index is 0.0261. The Morgan fingerprint density at radius 3 is 2.70 bits per heavy atom. The minimum Gasteiger partial charge on any atom is -0.340 e. The van der Waals surface area contributed by atoms with Crippen LogP contribution in [-0.4, -0.2) is 48.5 Å². The van der Waals surface area contributed by atoms with Gasteiger partial charge in [-0.2, -0.15) is 5.10 Å². The Labute approximate surface area is 160 Å². The lowest BCUT2D eigenvalue weighted by Crippen LogP contribution is -2.44. The third kappa shape index (κ3) is 4.46. The van der Waals surface area contributed by atoms with Crippen molar-refractivity contribution in [3.8, 4) is 0 Å². The maximum Gasteiger partial charge on any atom is 0.224 e. The van der Waals surface area contributed by atoms with E-state index >= 15 is 0 Å². The van der Waals surface area contributed by atoms with Crippen molar-refractivity contribution in [3.63, 3.8) is 0 Å². The molecular formula is C20H29N5O2. The van der Waals surface area contributed by atoms with Gasteiger partial charge in [0, 0.05) is 50.2 Å². The number of carbonyl (C=O) groups excluding carboxylic acids is 2. The highest BCUT2D eigenvalue weighted by atomic mass is 16.2. The van der Waals surface area contributed by atoms with E-state index in [0.717, 1.165) is 43.7 Å². The van der Waals surface area contributed by atoms with Gasteiger partial charge >= 0.3 is 0 Å². The summed E-state index contributed by atoms with van der Waals surface area (Å²) in [7, 11) is 0. The van der Waals surface area contributed by atoms with Crippen LogP contribution in [0.4, 0.5) is 0 Å². The highest BCUT2D eigenvalue weighted by Crippen LogP contribution is 2.22. The summed E-state index contributed by atoms with van der Waals surface area (Å²) in [5.41, 5.74) is 2.27. The molecule has 1 amide bonds. The first-order chi connectivity index (χ1) is 13.0. The van der Waals surface area contributed by atoms with E-state index < -0.39 is 0 Å². The Kier molecular flexibility index (Phi) is 6.08. The van der Waals surface area contributed by atoms with Gasteiger partial charge in [0.25, 0.3) is 0 Å². The van der Waals surface area contributed by atoms with Crippen molar-refractivity contribution in [2.24, 2.45) is 0 Å². The fourth-order valence-corrected chi connectivity index (χ4v) is 4.12. The monoisotopic (exact) mass is 371 g/mol. The van der Waals surface area contributed by atoms with Crippen LogP contribution in [0.3, 0.4) is 0 Å². The Hall–Kier alpha value is -2.44. The van der Waals surface area contributed by atoms with E-state index in [2.05, 4.69) is 19.5 Å². The first kappa shape index (κ1) is 19.3. The van der Waals surface area contributed by atoms with Crippen molar-refractivity contribution < 1.29 is 9.59 Å². The summed E-state index contributed by atoms with van der Waals surface area (Å²) >= 11 is 0. The Balaban J connectivity index is 1.60. The van der Waals surface area contributed by atoms with Crippen LogP contribution in [0.2, 0.25) is 0 Å². The Bertz CT molecular complexity index is 794. The van der Waals surface area contributed by atoms with Gasteiger partial charge in [0.1, 0.15) is 0 Å². The molecule has 0 unspecified atom stereocenters. The van der Waals surface area contributed by atoms with E-state index in [9.17, 15) is 9.59 Å². The summed E-state index contributed by atoms with van der Waals surface area (Å²) in [5, 5.41) is 4.45. The molecule has 0 spiro atoms. The SMILES string of the molecule is CC(=O)c1c(C)nn(CCC(=O)N2CCCC[C@H]2CCn2ccnc2)c1C. The molecule has 0 N–H and O–H groups in total. The molecule has 2 aromatic heterocycles. The molecule has 0 saturated carbocycles. The second kappa shape index (κ2) is 8.50. The van der Waals surface area contributed by atoms with E-state index in [1.165, 1.54) is 6.42 Å². The molecule has 7 heteroatoms. The molecule has 3 heterocycles. The first-order valence-corrected chi connectivity index (χ1v) is 9.77. The van der Waals surface area contributed by atoms with Crippen LogP contribution in [0, 0.1) is 13.8 Å². The zero-order chi connectivity index (χ0) is 19.4. The van der Waals surface area contributed by atoms with E-state index in [4.69, 9.17) is 0 Å². The topological polar surface area (TPSA) is 73.0 Å². The summed E-state index contributed by atoms with van der Waals surface area (Å²) < 4.78 is 3.87. The maximum atomic E-state index is 12.9. The fourth-order valence-electron chi connectivity index (χ4n) is 4.12. The lowest BCUT2D eigenvalue weighted by molar-refractivity contribution is -0.135. The summed E-state index contributed by atoms with van der Waals surface area (Å²) in [4.78, 5) is 30.8. The van der Waals surface area contributed by atoms with E-state index in [-0.39, 0.29) is 11.7 Å². The molecule has 146 valence electrons. The van der Waals surface area contributed by atoms with Gasteiger partial charge in [-0.15, -0.1) is 0 Å². The van der Waals surface area contributed by atoms with Crippen LogP contribution in [0.25, 0.3) is 0 Å². The van der Waals surface area contributed by atoms with Gasteiger partial charge in [-0.3, -0.25) is 14.3 Å². The largest absolute Gasteiger partial charge is 0.340 e. The minimum atomic E-state index is 0.0261. The number of rotatable bonds is 7. The maximum absolute atomic E-state index is 12.9.